The number of carbonyl (C=O) groups excluding carboxylic acids is 2. The van der Waals surface area contributed by atoms with E-state index in [2.05, 4.69) is 36.7 Å². The van der Waals surface area contributed by atoms with Crippen molar-refractivity contribution < 1.29 is 19.1 Å². The fourth-order valence-electron chi connectivity index (χ4n) is 6.46. The first-order valence-corrected chi connectivity index (χ1v) is 16.4. The number of allylic oxidation sites excluding steroid dienone is 1. The van der Waals surface area contributed by atoms with Crippen molar-refractivity contribution in [2.24, 2.45) is 17.8 Å². The zero-order chi connectivity index (χ0) is 30.2. The zero-order valence-electron chi connectivity index (χ0n) is 25.8. The molecule has 1 aliphatic heterocycles. The lowest BCUT2D eigenvalue weighted by atomic mass is 9.93. The Morgan fingerprint density at radius 3 is 2.65 bits per heavy atom. The highest BCUT2D eigenvalue weighted by Gasteiger charge is 2.47. The van der Waals surface area contributed by atoms with Gasteiger partial charge in [-0.05, 0) is 69.4 Å². The van der Waals surface area contributed by atoms with Crippen LogP contribution in [0.2, 0.25) is 0 Å². The van der Waals surface area contributed by atoms with Crippen molar-refractivity contribution in [2.45, 2.75) is 77.4 Å². The van der Waals surface area contributed by atoms with Gasteiger partial charge in [0.05, 0.1) is 30.2 Å². The van der Waals surface area contributed by atoms with Crippen LogP contribution in [0.4, 0.5) is 0 Å². The first-order chi connectivity index (χ1) is 20.7. The number of hydrogen-bond donors (Lipinski definition) is 1. The standard InChI is InChI=1S/C34H42N4O4S/c1-19(2)28-18-43-33(37-28)27-17-30(23-11-12-29(41-5)20(3)31(23)35-27)42-22-15-24-25(16-22)34(40)38(4)13-9-7-6-8-10-21-14-26(21)36-32(24)39/h8,10-12,17-19,21-22,24-26H,6-7,9,13-16H2,1-5H3,(H,36,39)/b10-8-/t21-,22-,24-,25-,26-/m1/s1. The second kappa shape index (κ2) is 12.3. The number of fused-ring (bicyclic) bond motifs is 3. The summed E-state index contributed by atoms with van der Waals surface area (Å²) in [5.74, 6) is 1.35. The Morgan fingerprint density at radius 2 is 1.88 bits per heavy atom. The lowest BCUT2D eigenvalue weighted by Gasteiger charge is -2.24. The van der Waals surface area contributed by atoms with Gasteiger partial charge in [0.1, 0.15) is 28.3 Å². The van der Waals surface area contributed by atoms with Crippen molar-refractivity contribution >= 4 is 34.1 Å². The Bertz CT molecular complexity index is 1550. The number of nitrogens with one attached hydrogen (secondary N) is 1. The van der Waals surface area contributed by atoms with Gasteiger partial charge in [0.25, 0.3) is 0 Å². The van der Waals surface area contributed by atoms with Crippen LogP contribution in [-0.2, 0) is 9.59 Å². The predicted octanol–water partition coefficient (Wildman–Crippen LogP) is 6.28. The molecule has 0 unspecified atom stereocenters. The Hall–Kier alpha value is -3.46. The average molecular weight is 603 g/mol. The molecule has 2 amide bonds. The lowest BCUT2D eigenvalue weighted by Crippen LogP contribution is -2.41. The van der Waals surface area contributed by atoms with Gasteiger partial charge in [-0.2, -0.15) is 0 Å². The molecule has 3 aliphatic rings. The van der Waals surface area contributed by atoms with E-state index in [0.717, 1.165) is 64.3 Å². The quantitative estimate of drug-likeness (QED) is 0.346. The van der Waals surface area contributed by atoms with Crippen LogP contribution < -0.4 is 14.8 Å². The van der Waals surface area contributed by atoms with Crippen LogP contribution in [0.25, 0.3) is 21.6 Å². The molecule has 6 rings (SSSR count). The second-order valence-corrected chi connectivity index (χ2v) is 13.5. The molecular weight excluding hydrogens is 560 g/mol. The number of hydrogen-bond acceptors (Lipinski definition) is 7. The Kier molecular flexibility index (Phi) is 8.45. The minimum atomic E-state index is -0.421. The van der Waals surface area contributed by atoms with E-state index in [1.54, 1.807) is 18.4 Å². The van der Waals surface area contributed by atoms with Crippen LogP contribution in [-0.4, -0.2) is 59.5 Å². The molecule has 9 heteroatoms. The molecule has 2 fully saturated rings. The molecule has 3 aromatic rings. The van der Waals surface area contributed by atoms with Crippen molar-refractivity contribution in [2.75, 3.05) is 20.7 Å². The maximum absolute atomic E-state index is 13.7. The summed E-state index contributed by atoms with van der Waals surface area (Å²) >= 11 is 1.57. The predicted molar refractivity (Wildman–Crippen MR) is 170 cm³/mol. The summed E-state index contributed by atoms with van der Waals surface area (Å²) in [6.45, 7) is 6.96. The molecule has 228 valence electrons. The number of pyridine rings is 1. The summed E-state index contributed by atoms with van der Waals surface area (Å²) in [7, 11) is 3.52. The third kappa shape index (κ3) is 6.14. The third-order valence-electron chi connectivity index (χ3n) is 9.21. The molecule has 2 aromatic heterocycles. The van der Waals surface area contributed by atoms with Gasteiger partial charge in [-0.15, -0.1) is 11.3 Å². The molecule has 43 heavy (non-hydrogen) atoms. The molecule has 0 bridgehead atoms. The SMILES string of the molecule is COc1ccc2c(O[C@@H]3C[C@H]4C(=O)N[C@@H]5C[C@H]5/C=C\CCCCN(C)C(=O)[C@@H]4C3)cc(-c3nc(C(C)C)cs3)nc2c1C. The summed E-state index contributed by atoms with van der Waals surface area (Å²) in [4.78, 5) is 39.0. The van der Waals surface area contributed by atoms with Crippen molar-refractivity contribution in [3.63, 3.8) is 0 Å². The smallest absolute Gasteiger partial charge is 0.226 e. The second-order valence-electron chi connectivity index (χ2n) is 12.6. The molecule has 0 saturated heterocycles. The van der Waals surface area contributed by atoms with Crippen LogP contribution >= 0.6 is 11.3 Å². The van der Waals surface area contributed by atoms with Crippen LogP contribution in [0.1, 0.15) is 69.5 Å². The number of nitrogens with zero attached hydrogens (tertiary/aromatic N) is 3. The number of benzene rings is 1. The van der Waals surface area contributed by atoms with Gasteiger partial charge in [-0.3, -0.25) is 9.59 Å². The van der Waals surface area contributed by atoms with Gasteiger partial charge in [0.15, 0.2) is 0 Å². The molecule has 1 N–H and O–H groups in total. The van der Waals surface area contributed by atoms with Gasteiger partial charge in [-0.25, -0.2) is 9.97 Å². The molecule has 8 nitrogen and oxygen atoms in total. The van der Waals surface area contributed by atoms with Crippen molar-refractivity contribution in [3.8, 4) is 22.2 Å². The van der Waals surface area contributed by atoms with Crippen LogP contribution in [0.3, 0.4) is 0 Å². The number of aromatic nitrogens is 2. The fraction of sp³-hybridized carbons (Fsp3) is 0.529. The summed E-state index contributed by atoms with van der Waals surface area (Å²) in [6, 6.07) is 6.04. The van der Waals surface area contributed by atoms with E-state index in [1.165, 1.54) is 0 Å². The maximum atomic E-state index is 13.7. The highest BCUT2D eigenvalue weighted by Crippen LogP contribution is 2.41. The van der Waals surface area contributed by atoms with Crippen LogP contribution in [0.15, 0.2) is 35.7 Å². The van der Waals surface area contributed by atoms with Gasteiger partial charge >= 0.3 is 0 Å². The number of thiazole rings is 1. The van der Waals surface area contributed by atoms with Gasteiger partial charge in [0.2, 0.25) is 11.8 Å². The Balaban J connectivity index is 1.32. The minimum absolute atomic E-state index is 0.0272. The Morgan fingerprint density at radius 1 is 1.07 bits per heavy atom. The van der Waals surface area contributed by atoms with Crippen molar-refractivity contribution in [1.82, 2.24) is 20.2 Å². The molecule has 2 aliphatic carbocycles. The number of ether oxygens (including phenoxy) is 2. The molecule has 2 saturated carbocycles. The van der Waals surface area contributed by atoms with E-state index in [1.807, 2.05) is 37.1 Å². The van der Waals surface area contributed by atoms with Crippen molar-refractivity contribution in [1.29, 1.82) is 0 Å². The molecule has 0 spiro atoms. The molecule has 3 heterocycles. The highest BCUT2D eigenvalue weighted by molar-refractivity contribution is 7.13. The Labute approximate surface area is 257 Å². The van der Waals surface area contributed by atoms with Gasteiger partial charge < -0.3 is 19.7 Å². The molecular formula is C34H42N4O4S. The maximum Gasteiger partial charge on any atom is 0.226 e. The highest BCUT2D eigenvalue weighted by atomic mass is 32.1. The van der Waals surface area contributed by atoms with E-state index in [-0.39, 0.29) is 24.0 Å². The zero-order valence-corrected chi connectivity index (χ0v) is 26.6. The summed E-state index contributed by atoms with van der Waals surface area (Å²) < 4.78 is 12.4. The number of amides is 2. The topological polar surface area (TPSA) is 93.7 Å². The molecule has 0 radical (unpaired) electrons. The first-order valence-electron chi connectivity index (χ1n) is 15.6. The van der Waals surface area contributed by atoms with E-state index < -0.39 is 11.8 Å². The van der Waals surface area contributed by atoms with E-state index >= 15 is 0 Å². The number of carbonyl (C=O) groups is 2. The van der Waals surface area contributed by atoms with E-state index in [0.29, 0.717) is 37.0 Å². The van der Waals surface area contributed by atoms with E-state index in [9.17, 15) is 9.59 Å². The largest absolute Gasteiger partial charge is 0.496 e. The fourth-order valence-corrected chi connectivity index (χ4v) is 7.41. The summed E-state index contributed by atoms with van der Waals surface area (Å²) in [5.41, 5.74) is 3.50. The molecule has 1 aromatic carbocycles. The minimum Gasteiger partial charge on any atom is -0.496 e. The first kappa shape index (κ1) is 29.6. The van der Waals surface area contributed by atoms with Gasteiger partial charge in [-0.1, -0.05) is 26.0 Å². The monoisotopic (exact) mass is 602 g/mol. The number of aryl methyl sites for hydroxylation is 1. The lowest BCUT2D eigenvalue weighted by molar-refractivity contribution is -0.139. The molecule has 5 atom stereocenters. The number of methoxy groups -OCH3 is 1. The van der Waals surface area contributed by atoms with E-state index in [4.69, 9.17) is 19.4 Å². The van der Waals surface area contributed by atoms with Crippen LogP contribution in [0.5, 0.6) is 11.5 Å². The summed E-state index contributed by atoms with van der Waals surface area (Å²) in [6.07, 6.45) is 9.17. The third-order valence-corrected chi connectivity index (χ3v) is 10.1. The average Bonchev–Trinajstić information content (AvgIpc) is 3.34. The van der Waals surface area contributed by atoms with Crippen molar-refractivity contribution in [3.05, 3.63) is 47.0 Å². The van der Waals surface area contributed by atoms with Crippen LogP contribution in [0, 0.1) is 24.7 Å². The van der Waals surface area contributed by atoms with Gasteiger partial charge in [0, 0.05) is 42.0 Å². The summed E-state index contributed by atoms with van der Waals surface area (Å²) in [5, 5.41) is 7.04. The normalized spacial score (nSPS) is 26.9. The number of rotatable bonds is 5.